The molecule has 5 heteroatoms. The Morgan fingerprint density at radius 1 is 1.40 bits per heavy atom. The third kappa shape index (κ3) is 3.07. The predicted molar refractivity (Wildman–Crippen MR) is 54.9 cm³/mol. The van der Waals surface area contributed by atoms with Crippen LogP contribution in [0.4, 0.5) is 5.69 Å². The number of nitrogens with two attached hydrogens (primary N) is 2. The molecule has 1 rings (SSSR count). The van der Waals surface area contributed by atoms with Crippen LogP contribution in [0.25, 0.3) is 0 Å². The van der Waals surface area contributed by atoms with E-state index in [9.17, 15) is 9.59 Å². The molecule has 1 unspecified atom stereocenters. The van der Waals surface area contributed by atoms with Gasteiger partial charge >= 0.3 is 11.9 Å². The van der Waals surface area contributed by atoms with Crippen LogP contribution >= 0.6 is 0 Å². The van der Waals surface area contributed by atoms with Gasteiger partial charge in [-0.25, -0.2) is 9.59 Å². The number of anilines is 1. The third-order valence-corrected chi connectivity index (χ3v) is 1.69. The monoisotopic (exact) mass is 208 g/mol. The van der Waals surface area contributed by atoms with Crippen LogP contribution in [0, 0.1) is 0 Å². The standard InChI is InChI=1S/C10H12N2O3/c1-6(11)9(13)15-10(14)7-3-2-4-8(12)5-7/h2-6H,11-12H2,1H3. The highest BCUT2D eigenvalue weighted by atomic mass is 16.6. The summed E-state index contributed by atoms with van der Waals surface area (Å²) in [4.78, 5) is 22.4. The molecule has 0 aliphatic carbocycles. The fraction of sp³-hybridized carbons (Fsp3) is 0.200. The fourth-order valence-corrected chi connectivity index (χ4v) is 0.909. The van der Waals surface area contributed by atoms with Crippen LogP contribution in [0.15, 0.2) is 24.3 Å². The molecule has 0 heterocycles. The van der Waals surface area contributed by atoms with Crippen molar-refractivity contribution in [3.63, 3.8) is 0 Å². The van der Waals surface area contributed by atoms with Crippen LogP contribution in [0.5, 0.6) is 0 Å². The molecule has 0 fully saturated rings. The molecular weight excluding hydrogens is 196 g/mol. The van der Waals surface area contributed by atoms with Crippen LogP contribution in [-0.2, 0) is 9.53 Å². The van der Waals surface area contributed by atoms with Gasteiger partial charge in [0.1, 0.15) is 6.04 Å². The molecule has 80 valence electrons. The molecule has 15 heavy (non-hydrogen) atoms. The molecule has 0 saturated heterocycles. The molecule has 0 aromatic heterocycles. The maximum absolute atomic E-state index is 11.4. The largest absolute Gasteiger partial charge is 0.399 e. The number of ether oxygens (including phenoxy) is 1. The minimum Gasteiger partial charge on any atom is -0.399 e. The molecule has 1 atom stereocenters. The van der Waals surface area contributed by atoms with Crippen molar-refractivity contribution in [2.24, 2.45) is 5.73 Å². The first kappa shape index (κ1) is 11.2. The lowest BCUT2D eigenvalue weighted by atomic mass is 10.2. The van der Waals surface area contributed by atoms with E-state index in [1.54, 1.807) is 12.1 Å². The number of esters is 2. The fourth-order valence-electron chi connectivity index (χ4n) is 0.909. The first-order valence-corrected chi connectivity index (χ1v) is 4.38. The van der Waals surface area contributed by atoms with Crippen LogP contribution in [0.3, 0.4) is 0 Å². The quantitative estimate of drug-likeness (QED) is 0.414. The van der Waals surface area contributed by atoms with Gasteiger partial charge in [0.25, 0.3) is 0 Å². The molecule has 0 bridgehead atoms. The Bertz CT molecular complexity index is 388. The average molecular weight is 208 g/mol. The molecule has 0 spiro atoms. The van der Waals surface area contributed by atoms with Crippen molar-refractivity contribution >= 4 is 17.6 Å². The Morgan fingerprint density at radius 2 is 2.07 bits per heavy atom. The molecule has 4 N–H and O–H groups in total. The number of carbonyl (C=O) groups excluding carboxylic acids is 2. The van der Waals surface area contributed by atoms with Crippen molar-refractivity contribution in [2.75, 3.05) is 5.73 Å². The summed E-state index contributed by atoms with van der Waals surface area (Å²) in [5.74, 6) is -1.51. The summed E-state index contributed by atoms with van der Waals surface area (Å²) in [5, 5.41) is 0. The molecule has 1 aromatic carbocycles. The number of rotatable bonds is 2. The van der Waals surface area contributed by atoms with Gasteiger partial charge in [0.15, 0.2) is 0 Å². The lowest BCUT2D eigenvalue weighted by Gasteiger charge is -2.05. The van der Waals surface area contributed by atoms with E-state index in [0.29, 0.717) is 5.69 Å². The zero-order valence-corrected chi connectivity index (χ0v) is 8.27. The molecular formula is C10H12N2O3. The number of benzene rings is 1. The van der Waals surface area contributed by atoms with E-state index in [-0.39, 0.29) is 5.56 Å². The summed E-state index contributed by atoms with van der Waals surface area (Å²) in [5.41, 5.74) is 11.4. The summed E-state index contributed by atoms with van der Waals surface area (Å²) in [6.45, 7) is 1.44. The highest BCUT2D eigenvalue weighted by Crippen LogP contribution is 2.08. The smallest absolute Gasteiger partial charge is 0.345 e. The second-order valence-corrected chi connectivity index (χ2v) is 3.12. The number of hydrogen-bond donors (Lipinski definition) is 2. The number of carbonyl (C=O) groups is 2. The molecule has 0 amide bonds. The van der Waals surface area contributed by atoms with Crippen molar-refractivity contribution in [3.05, 3.63) is 29.8 Å². The molecule has 5 nitrogen and oxygen atoms in total. The van der Waals surface area contributed by atoms with Crippen LogP contribution in [0.1, 0.15) is 17.3 Å². The van der Waals surface area contributed by atoms with E-state index < -0.39 is 18.0 Å². The Morgan fingerprint density at radius 3 is 2.60 bits per heavy atom. The van der Waals surface area contributed by atoms with E-state index in [4.69, 9.17) is 11.5 Å². The van der Waals surface area contributed by atoms with E-state index in [2.05, 4.69) is 4.74 Å². The van der Waals surface area contributed by atoms with Crippen LogP contribution in [0.2, 0.25) is 0 Å². The summed E-state index contributed by atoms with van der Waals surface area (Å²) >= 11 is 0. The van der Waals surface area contributed by atoms with Crippen molar-refractivity contribution in [1.29, 1.82) is 0 Å². The van der Waals surface area contributed by atoms with Gasteiger partial charge in [0, 0.05) is 5.69 Å². The lowest BCUT2D eigenvalue weighted by Crippen LogP contribution is -2.30. The second-order valence-electron chi connectivity index (χ2n) is 3.12. The van der Waals surface area contributed by atoms with E-state index >= 15 is 0 Å². The van der Waals surface area contributed by atoms with Gasteiger partial charge in [-0.1, -0.05) is 6.07 Å². The Hall–Kier alpha value is -1.88. The first-order chi connectivity index (χ1) is 7.00. The zero-order valence-electron chi connectivity index (χ0n) is 8.27. The summed E-state index contributed by atoms with van der Waals surface area (Å²) in [6.07, 6.45) is 0. The lowest BCUT2D eigenvalue weighted by molar-refractivity contribution is -0.139. The highest BCUT2D eigenvalue weighted by Gasteiger charge is 2.15. The van der Waals surface area contributed by atoms with Crippen LogP contribution in [-0.4, -0.2) is 18.0 Å². The van der Waals surface area contributed by atoms with Crippen molar-refractivity contribution in [3.8, 4) is 0 Å². The SMILES string of the molecule is CC(N)C(=O)OC(=O)c1cccc(N)c1. The molecule has 0 radical (unpaired) electrons. The summed E-state index contributed by atoms with van der Waals surface area (Å²) in [6, 6.07) is 5.34. The predicted octanol–water partition coefficient (Wildman–Crippen LogP) is 0.299. The molecule has 1 aromatic rings. The molecule has 0 aliphatic rings. The minimum absolute atomic E-state index is 0.226. The summed E-state index contributed by atoms with van der Waals surface area (Å²) in [7, 11) is 0. The van der Waals surface area contributed by atoms with Gasteiger partial charge < -0.3 is 16.2 Å². The summed E-state index contributed by atoms with van der Waals surface area (Å²) < 4.78 is 4.49. The van der Waals surface area contributed by atoms with Crippen LogP contribution < -0.4 is 11.5 Å². The highest BCUT2D eigenvalue weighted by molar-refractivity contribution is 5.98. The molecule has 0 saturated carbocycles. The maximum atomic E-state index is 11.4. The topological polar surface area (TPSA) is 95.4 Å². The van der Waals surface area contributed by atoms with Gasteiger partial charge in [0.05, 0.1) is 5.56 Å². The average Bonchev–Trinajstić information content (AvgIpc) is 2.17. The van der Waals surface area contributed by atoms with Gasteiger partial charge in [-0.3, -0.25) is 0 Å². The Labute approximate surface area is 87.0 Å². The molecule has 0 aliphatic heterocycles. The van der Waals surface area contributed by atoms with E-state index in [1.807, 2.05) is 0 Å². The van der Waals surface area contributed by atoms with Gasteiger partial charge in [0.2, 0.25) is 0 Å². The minimum atomic E-state index is -0.824. The van der Waals surface area contributed by atoms with E-state index in [0.717, 1.165) is 0 Å². The normalized spacial score (nSPS) is 11.9. The van der Waals surface area contributed by atoms with Gasteiger partial charge in [-0.05, 0) is 25.1 Å². The number of hydrogen-bond acceptors (Lipinski definition) is 5. The second kappa shape index (κ2) is 4.56. The maximum Gasteiger partial charge on any atom is 0.345 e. The first-order valence-electron chi connectivity index (χ1n) is 4.38. The third-order valence-electron chi connectivity index (χ3n) is 1.69. The van der Waals surface area contributed by atoms with Crippen molar-refractivity contribution in [2.45, 2.75) is 13.0 Å². The zero-order chi connectivity index (χ0) is 11.4. The van der Waals surface area contributed by atoms with E-state index in [1.165, 1.54) is 19.1 Å². The van der Waals surface area contributed by atoms with Crippen molar-refractivity contribution < 1.29 is 14.3 Å². The van der Waals surface area contributed by atoms with Gasteiger partial charge in [-0.15, -0.1) is 0 Å². The van der Waals surface area contributed by atoms with Crippen molar-refractivity contribution in [1.82, 2.24) is 0 Å². The Kier molecular flexibility index (Phi) is 3.41. The number of nitrogen functional groups attached to an aromatic ring is 1. The van der Waals surface area contributed by atoms with Gasteiger partial charge in [-0.2, -0.15) is 0 Å². The Balaban J connectivity index is 2.74.